The third-order valence-corrected chi connectivity index (χ3v) is 1.31. The Morgan fingerprint density at radius 2 is 2.00 bits per heavy atom. The maximum absolute atomic E-state index is 11.8. The van der Waals surface area contributed by atoms with Crippen LogP contribution in [0, 0.1) is 11.3 Å². The Hall–Kier alpha value is -1.90. The zero-order valence-electron chi connectivity index (χ0n) is 6.67. The van der Waals surface area contributed by atoms with E-state index < -0.39 is 17.9 Å². The van der Waals surface area contributed by atoms with Crippen molar-refractivity contribution < 1.29 is 23.0 Å². The normalized spacial score (nSPS) is 10.7. The summed E-state index contributed by atoms with van der Waals surface area (Å²) in [7, 11) is 0. The van der Waals surface area contributed by atoms with Crippen molar-refractivity contribution in [2.24, 2.45) is 0 Å². The molecule has 0 saturated carbocycles. The SMILES string of the molecule is N#Cc1ccc(O)cc1OC(F)(F)F. The van der Waals surface area contributed by atoms with E-state index >= 15 is 0 Å². The molecule has 0 saturated heterocycles. The van der Waals surface area contributed by atoms with Crippen LogP contribution in [0.2, 0.25) is 0 Å². The first kappa shape index (κ1) is 10.2. The van der Waals surface area contributed by atoms with Gasteiger partial charge < -0.3 is 9.84 Å². The molecule has 14 heavy (non-hydrogen) atoms. The highest BCUT2D eigenvalue weighted by Gasteiger charge is 2.32. The van der Waals surface area contributed by atoms with E-state index in [4.69, 9.17) is 10.4 Å². The van der Waals surface area contributed by atoms with Gasteiger partial charge in [-0.1, -0.05) is 0 Å². The number of hydrogen-bond donors (Lipinski definition) is 1. The minimum atomic E-state index is -4.88. The number of nitrogens with zero attached hydrogens (tertiary/aromatic N) is 1. The first-order valence-electron chi connectivity index (χ1n) is 3.41. The largest absolute Gasteiger partial charge is 0.573 e. The molecule has 1 N–H and O–H groups in total. The first-order chi connectivity index (χ1) is 6.42. The van der Waals surface area contributed by atoms with Crippen molar-refractivity contribution >= 4 is 0 Å². The summed E-state index contributed by atoms with van der Waals surface area (Å²) in [6.45, 7) is 0. The number of ether oxygens (including phenoxy) is 1. The fraction of sp³-hybridized carbons (Fsp3) is 0.125. The number of aromatic hydroxyl groups is 1. The van der Waals surface area contributed by atoms with Gasteiger partial charge in [0.15, 0.2) is 5.75 Å². The average molecular weight is 203 g/mol. The summed E-state index contributed by atoms with van der Waals surface area (Å²) in [6, 6.07) is 4.37. The van der Waals surface area contributed by atoms with Crippen molar-refractivity contribution in [3.8, 4) is 17.6 Å². The van der Waals surface area contributed by atoms with Crippen molar-refractivity contribution in [1.29, 1.82) is 5.26 Å². The van der Waals surface area contributed by atoms with Crippen LogP contribution in [0.15, 0.2) is 18.2 Å². The molecule has 0 aliphatic rings. The standard InChI is InChI=1S/C8H4F3NO2/c9-8(10,11)14-7-3-6(13)2-1-5(7)4-12/h1-3,13H. The van der Waals surface area contributed by atoms with Gasteiger partial charge in [-0.15, -0.1) is 13.2 Å². The highest BCUT2D eigenvalue weighted by molar-refractivity contribution is 5.47. The van der Waals surface area contributed by atoms with Crippen LogP contribution in [0.25, 0.3) is 0 Å². The van der Waals surface area contributed by atoms with Gasteiger partial charge in [0.25, 0.3) is 0 Å². The second-order valence-electron chi connectivity index (χ2n) is 2.34. The summed E-state index contributed by atoms with van der Waals surface area (Å²) >= 11 is 0. The van der Waals surface area contributed by atoms with E-state index in [0.29, 0.717) is 0 Å². The van der Waals surface area contributed by atoms with Gasteiger partial charge >= 0.3 is 6.36 Å². The van der Waals surface area contributed by atoms with Gasteiger partial charge in [0.05, 0.1) is 5.56 Å². The average Bonchev–Trinajstić information content (AvgIpc) is 2.01. The van der Waals surface area contributed by atoms with Crippen LogP contribution in [0.5, 0.6) is 11.5 Å². The summed E-state index contributed by atoms with van der Waals surface area (Å²) in [5.41, 5.74) is -0.292. The van der Waals surface area contributed by atoms with E-state index in [9.17, 15) is 13.2 Å². The van der Waals surface area contributed by atoms with Crippen LogP contribution in [0.1, 0.15) is 5.56 Å². The van der Waals surface area contributed by atoms with Crippen LogP contribution in [-0.4, -0.2) is 11.5 Å². The molecule has 74 valence electrons. The molecule has 3 nitrogen and oxygen atoms in total. The molecule has 0 amide bonds. The fourth-order valence-electron chi connectivity index (χ4n) is 0.813. The van der Waals surface area contributed by atoms with E-state index in [-0.39, 0.29) is 5.56 Å². The molecule has 0 spiro atoms. The molecular weight excluding hydrogens is 199 g/mol. The molecule has 1 rings (SSSR count). The number of benzene rings is 1. The quantitative estimate of drug-likeness (QED) is 0.760. The molecule has 1 aromatic carbocycles. The number of alkyl halides is 3. The molecular formula is C8H4F3NO2. The molecule has 0 heterocycles. The van der Waals surface area contributed by atoms with E-state index in [1.54, 1.807) is 0 Å². The van der Waals surface area contributed by atoms with E-state index in [0.717, 1.165) is 18.2 Å². The predicted molar refractivity (Wildman–Crippen MR) is 39.5 cm³/mol. The molecule has 0 bridgehead atoms. The van der Waals surface area contributed by atoms with Gasteiger partial charge in [0.1, 0.15) is 11.8 Å². The zero-order chi connectivity index (χ0) is 10.8. The van der Waals surface area contributed by atoms with Crippen LogP contribution >= 0.6 is 0 Å². The van der Waals surface area contributed by atoms with Crippen LogP contribution < -0.4 is 4.74 Å². The third kappa shape index (κ3) is 2.55. The molecule has 6 heteroatoms. The predicted octanol–water partition coefficient (Wildman–Crippen LogP) is 2.16. The third-order valence-electron chi connectivity index (χ3n) is 1.31. The summed E-state index contributed by atoms with van der Waals surface area (Å²) in [6.07, 6.45) is -4.88. The number of halogens is 3. The molecule has 0 fully saturated rings. The van der Waals surface area contributed by atoms with Gasteiger partial charge in [-0.2, -0.15) is 5.26 Å². The highest BCUT2D eigenvalue weighted by Crippen LogP contribution is 2.28. The van der Waals surface area contributed by atoms with Gasteiger partial charge in [-0.05, 0) is 12.1 Å². The van der Waals surface area contributed by atoms with Gasteiger partial charge in [-0.25, -0.2) is 0 Å². The lowest BCUT2D eigenvalue weighted by Gasteiger charge is -2.09. The highest BCUT2D eigenvalue weighted by atomic mass is 19.4. The fourth-order valence-corrected chi connectivity index (χ4v) is 0.813. The number of nitriles is 1. The summed E-state index contributed by atoms with van der Waals surface area (Å²) < 4.78 is 38.9. The summed E-state index contributed by atoms with van der Waals surface area (Å²) in [5, 5.41) is 17.3. The maximum atomic E-state index is 11.8. The van der Waals surface area contributed by atoms with Crippen molar-refractivity contribution in [3.63, 3.8) is 0 Å². The van der Waals surface area contributed by atoms with Crippen LogP contribution in [-0.2, 0) is 0 Å². The molecule has 0 aliphatic heterocycles. The minimum Gasteiger partial charge on any atom is -0.508 e. The second-order valence-corrected chi connectivity index (χ2v) is 2.34. The van der Waals surface area contributed by atoms with Gasteiger partial charge in [0, 0.05) is 6.07 Å². The summed E-state index contributed by atoms with van der Waals surface area (Å²) in [4.78, 5) is 0. The molecule has 1 aromatic rings. The Balaban J connectivity index is 3.07. The Kier molecular flexibility index (Phi) is 2.51. The van der Waals surface area contributed by atoms with E-state index in [1.165, 1.54) is 6.07 Å². The smallest absolute Gasteiger partial charge is 0.508 e. The number of phenolic OH excluding ortho intramolecular Hbond substituents is 1. The minimum absolute atomic E-state index is 0.292. The zero-order valence-corrected chi connectivity index (χ0v) is 6.67. The summed E-state index contributed by atoms with van der Waals surface area (Å²) in [5.74, 6) is -1.11. The Morgan fingerprint density at radius 3 is 2.50 bits per heavy atom. The van der Waals surface area contributed by atoms with Crippen LogP contribution in [0.4, 0.5) is 13.2 Å². The molecule has 0 aromatic heterocycles. The molecule has 0 radical (unpaired) electrons. The van der Waals surface area contributed by atoms with Crippen molar-refractivity contribution in [2.45, 2.75) is 6.36 Å². The second kappa shape index (κ2) is 3.46. The lowest BCUT2D eigenvalue weighted by molar-refractivity contribution is -0.274. The molecule has 0 atom stereocenters. The molecule has 0 aliphatic carbocycles. The molecule has 0 unspecified atom stereocenters. The van der Waals surface area contributed by atoms with Gasteiger partial charge in [0.2, 0.25) is 0 Å². The Labute approximate surface area is 77.0 Å². The number of hydrogen-bond acceptors (Lipinski definition) is 3. The lowest BCUT2D eigenvalue weighted by atomic mass is 10.2. The topological polar surface area (TPSA) is 53.2 Å². The van der Waals surface area contributed by atoms with Crippen molar-refractivity contribution in [2.75, 3.05) is 0 Å². The first-order valence-corrected chi connectivity index (χ1v) is 3.41. The Bertz CT molecular complexity index is 381. The Morgan fingerprint density at radius 1 is 1.36 bits per heavy atom. The number of phenols is 1. The maximum Gasteiger partial charge on any atom is 0.573 e. The monoisotopic (exact) mass is 203 g/mol. The van der Waals surface area contributed by atoms with Crippen molar-refractivity contribution in [1.82, 2.24) is 0 Å². The van der Waals surface area contributed by atoms with Gasteiger partial charge in [-0.3, -0.25) is 0 Å². The van der Waals surface area contributed by atoms with Crippen molar-refractivity contribution in [3.05, 3.63) is 23.8 Å². The lowest BCUT2D eigenvalue weighted by Crippen LogP contribution is -2.17. The van der Waals surface area contributed by atoms with Crippen LogP contribution in [0.3, 0.4) is 0 Å². The number of rotatable bonds is 1. The van der Waals surface area contributed by atoms with E-state index in [1.807, 2.05) is 0 Å². The van der Waals surface area contributed by atoms with E-state index in [2.05, 4.69) is 4.74 Å².